The number of methoxy groups -OCH3 is 1. The molecule has 228 valence electrons. The summed E-state index contributed by atoms with van der Waals surface area (Å²) in [7, 11) is 1.57. The zero-order chi connectivity index (χ0) is 30.1. The molecule has 1 saturated carbocycles. The summed E-state index contributed by atoms with van der Waals surface area (Å²) in [4.78, 5) is 18.1. The number of hydrogen-bond donors (Lipinski definition) is 0. The Balaban J connectivity index is 1.70. The van der Waals surface area contributed by atoms with E-state index in [1.807, 2.05) is 23.3 Å². The first-order valence-electron chi connectivity index (χ1n) is 14.4. The maximum absolute atomic E-state index is 13.7. The van der Waals surface area contributed by atoms with Crippen LogP contribution in [0.4, 0.5) is 24.8 Å². The molecule has 42 heavy (non-hydrogen) atoms. The summed E-state index contributed by atoms with van der Waals surface area (Å²) in [5, 5.41) is 0. The molecule has 7 nitrogen and oxygen atoms in total. The fraction of sp³-hybridized carbons (Fsp3) is 0.516. The molecule has 0 spiro atoms. The lowest BCUT2D eigenvalue weighted by Crippen LogP contribution is -2.31. The van der Waals surface area contributed by atoms with Crippen molar-refractivity contribution in [3.63, 3.8) is 0 Å². The van der Waals surface area contributed by atoms with E-state index in [-0.39, 0.29) is 13.1 Å². The molecule has 2 aromatic heterocycles. The minimum Gasteiger partial charge on any atom is -0.489 e. The van der Waals surface area contributed by atoms with E-state index in [0.29, 0.717) is 41.2 Å². The van der Waals surface area contributed by atoms with Gasteiger partial charge in [-0.25, -0.2) is 15.0 Å². The van der Waals surface area contributed by atoms with Crippen LogP contribution in [-0.2, 0) is 19.3 Å². The molecule has 4 rings (SSSR count). The van der Waals surface area contributed by atoms with Crippen molar-refractivity contribution in [1.82, 2.24) is 15.0 Å². The molecule has 11 heteroatoms. The van der Waals surface area contributed by atoms with Crippen molar-refractivity contribution in [2.24, 2.45) is 5.92 Å². The van der Waals surface area contributed by atoms with Crippen LogP contribution in [0.2, 0.25) is 0 Å². The number of pyridine rings is 1. The van der Waals surface area contributed by atoms with Gasteiger partial charge in [-0.05, 0) is 62.6 Å². The highest BCUT2D eigenvalue weighted by Crippen LogP contribution is 2.33. The summed E-state index contributed by atoms with van der Waals surface area (Å²) in [5.41, 5.74) is 2.10. The van der Waals surface area contributed by atoms with Gasteiger partial charge in [0.05, 0.1) is 49.6 Å². The lowest BCUT2D eigenvalue weighted by Gasteiger charge is -2.30. The van der Waals surface area contributed by atoms with Gasteiger partial charge in [0.2, 0.25) is 11.8 Å². The highest BCUT2D eigenvalue weighted by molar-refractivity contribution is 7.98. The summed E-state index contributed by atoms with van der Waals surface area (Å²) < 4.78 is 52.2. The highest BCUT2D eigenvalue weighted by atomic mass is 32.2. The van der Waals surface area contributed by atoms with Gasteiger partial charge in [0, 0.05) is 31.5 Å². The molecule has 0 saturated heterocycles. The van der Waals surface area contributed by atoms with E-state index in [1.54, 1.807) is 44.3 Å². The van der Waals surface area contributed by atoms with Crippen LogP contribution in [0.1, 0.15) is 55.0 Å². The first-order chi connectivity index (χ1) is 20.2. The van der Waals surface area contributed by atoms with Gasteiger partial charge < -0.3 is 19.3 Å². The van der Waals surface area contributed by atoms with Gasteiger partial charge in [-0.3, -0.25) is 0 Å². The second-order valence-corrected chi connectivity index (χ2v) is 11.6. The fourth-order valence-corrected chi connectivity index (χ4v) is 5.65. The Bertz CT molecular complexity index is 1290. The maximum Gasteiger partial charge on any atom is 0.416 e. The molecule has 0 amide bonds. The van der Waals surface area contributed by atoms with Crippen LogP contribution in [0.25, 0.3) is 0 Å². The second kappa shape index (κ2) is 14.8. The Morgan fingerprint density at radius 2 is 1.76 bits per heavy atom. The number of halogens is 3. The van der Waals surface area contributed by atoms with Crippen molar-refractivity contribution in [3.8, 4) is 11.6 Å². The molecule has 1 fully saturated rings. The number of nitrogens with zero attached hydrogens (tertiary/aromatic N) is 5. The minimum absolute atomic E-state index is 0.157. The molecule has 0 atom stereocenters. The predicted molar refractivity (Wildman–Crippen MR) is 163 cm³/mol. The Hall–Kier alpha value is -3.21. The third kappa shape index (κ3) is 8.65. The monoisotopic (exact) mass is 603 g/mol. The van der Waals surface area contributed by atoms with E-state index in [0.717, 1.165) is 36.3 Å². The molecule has 0 radical (unpaired) electrons. The number of aromatic nitrogens is 3. The molecule has 2 heterocycles. The van der Waals surface area contributed by atoms with Gasteiger partial charge in [0.15, 0.2) is 5.75 Å². The number of benzene rings is 1. The maximum atomic E-state index is 13.7. The predicted octanol–water partition coefficient (Wildman–Crippen LogP) is 7.17. The average molecular weight is 604 g/mol. The third-order valence-electron chi connectivity index (χ3n) is 7.44. The van der Waals surface area contributed by atoms with E-state index in [4.69, 9.17) is 14.5 Å². The molecule has 1 aliphatic carbocycles. The van der Waals surface area contributed by atoms with Crippen molar-refractivity contribution in [3.05, 3.63) is 65.1 Å². The molecule has 0 aliphatic heterocycles. The molecule has 0 bridgehead atoms. The molecule has 1 aliphatic rings. The van der Waals surface area contributed by atoms with E-state index in [2.05, 4.69) is 21.8 Å². The van der Waals surface area contributed by atoms with Gasteiger partial charge >= 0.3 is 6.18 Å². The fourth-order valence-electron chi connectivity index (χ4n) is 5.40. The largest absolute Gasteiger partial charge is 0.489 e. The van der Waals surface area contributed by atoms with Gasteiger partial charge in [-0.1, -0.05) is 24.5 Å². The van der Waals surface area contributed by atoms with Crippen molar-refractivity contribution in [2.75, 3.05) is 48.6 Å². The highest BCUT2D eigenvalue weighted by Gasteiger charge is 2.31. The van der Waals surface area contributed by atoms with E-state index in [9.17, 15) is 13.2 Å². The number of thioether (sulfide) groups is 1. The topological polar surface area (TPSA) is 63.6 Å². The van der Waals surface area contributed by atoms with Crippen LogP contribution in [0.15, 0.2) is 42.7 Å². The molecule has 0 unspecified atom stereocenters. The summed E-state index contributed by atoms with van der Waals surface area (Å²) in [5.74, 6) is 2.85. The third-order valence-corrected chi connectivity index (χ3v) is 8.02. The lowest BCUT2D eigenvalue weighted by atomic mass is 10.1. The lowest BCUT2D eigenvalue weighted by molar-refractivity contribution is -0.137. The van der Waals surface area contributed by atoms with Crippen molar-refractivity contribution < 1.29 is 22.6 Å². The average Bonchev–Trinajstić information content (AvgIpc) is 3.49. The summed E-state index contributed by atoms with van der Waals surface area (Å²) in [6, 6.07) is 8.00. The Morgan fingerprint density at radius 1 is 1.02 bits per heavy atom. The van der Waals surface area contributed by atoms with Crippen LogP contribution in [0.5, 0.6) is 11.6 Å². The summed E-state index contributed by atoms with van der Waals surface area (Å²) in [6.45, 7) is 6.50. The van der Waals surface area contributed by atoms with Crippen molar-refractivity contribution in [2.45, 2.75) is 58.8 Å². The van der Waals surface area contributed by atoms with Crippen LogP contribution in [-0.4, -0.2) is 53.8 Å². The van der Waals surface area contributed by atoms with Crippen LogP contribution < -0.4 is 19.3 Å². The number of ether oxygens (including phenoxy) is 2. The number of anilines is 2. The minimum atomic E-state index is -4.44. The number of alkyl halides is 3. The van der Waals surface area contributed by atoms with Crippen LogP contribution in [0, 0.1) is 12.8 Å². The van der Waals surface area contributed by atoms with Crippen LogP contribution in [0.3, 0.4) is 0 Å². The first-order valence-corrected chi connectivity index (χ1v) is 15.7. The normalized spacial score (nSPS) is 13.8. The molecule has 0 N–H and O–H groups in total. The van der Waals surface area contributed by atoms with E-state index >= 15 is 0 Å². The van der Waals surface area contributed by atoms with Gasteiger partial charge in [-0.2, -0.15) is 24.9 Å². The zero-order valence-electron chi connectivity index (χ0n) is 24.8. The van der Waals surface area contributed by atoms with Crippen molar-refractivity contribution in [1.29, 1.82) is 0 Å². The SMILES string of the molecule is CCN(CC1CCCC1)c1ccc(OC)nc1CN(Cc1cc(C)cc(C(F)(F)F)c1)c1ncc(OCCSC)cn1. The Kier molecular flexibility index (Phi) is 11.2. The number of hydrogen-bond acceptors (Lipinski definition) is 8. The molecular formula is C31H40F3N5O2S. The Labute approximate surface area is 250 Å². The van der Waals surface area contributed by atoms with Gasteiger partial charge in [0.25, 0.3) is 0 Å². The summed E-state index contributed by atoms with van der Waals surface area (Å²) >= 11 is 1.68. The molecular weight excluding hydrogens is 563 g/mol. The van der Waals surface area contributed by atoms with E-state index < -0.39 is 11.7 Å². The molecule has 1 aromatic carbocycles. The summed E-state index contributed by atoms with van der Waals surface area (Å²) in [6.07, 6.45) is 5.72. The smallest absolute Gasteiger partial charge is 0.416 e. The van der Waals surface area contributed by atoms with Crippen molar-refractivity contribution >= 4 is 23.4 Å². The van der Waals surface area contributed by atoms with Gasteiger partial charge in [0.1, 0.15) is 0 Å². The Morgan fingerprint density at radius 3 is 2.40 bits per heavy atom. The van der Waals surface area contributed by atoms with Gasteiger partial charge in [-0.15, -0.1) is 0 Å². The second-order valence-electron chi connectivity index (χ2n) is 10.6. The zero-order valence-corrected chi connectivity index (χ0v) is 25.6. The first kappa shape index (κ1) is 31.7. The van der Waals surface area contributed by atoms with Crippen LogP contribution >= 0.6 is 11.8 Å². The standard InChI is InChI=1S/C31H40F3N5O2S/c1-5-38(19-23-8-6-7-9-23)28-10-11-29(40-3)37-27(28)21-39(30-35-17-26(18-36-30)41-12-13-42-4)20-24-14-22(2)15-25(16-24)31(32,33)34/h10-11,14-18,23H,5-9,12-13,19-21H2,1-4H3. The number of aryl methyl sites for hydroxylation is 1. The molecule has 3 aromatic rings. The number of rotatable bonds is 14. The van der Waals surface area contributed by atoms with E-state index in [1.165, 1.54) is 31.7 Å². The quantitative estimate of drug-likeness (QED) is 0.180.